The van der Waals surface area contributed by atoms with Crippen LogP contribution in [-0.2, 0) is 7.05 Å². The van der Waals surface area contributed by atoms with Crippen LogP contribution in [0.1, 0.15) is 37.2 Å². The molecule has 4 aromatic rings. The molecule has 3 heterocycles. The van der Waals surface area contributed by atoms with Crippen LogP contribution in [0, 0.1) is 0 Å². The molecule has 1 aliphatic carbocycles. The van der Waals surface area contributed by atoms with Gasteiger partial charge in [-0.05, 0) is 55.4 Å². The smallest absolute Gasteiger partial charge is 0.271 e. The third-order valence-electron chi connectivity index (χ3n) is 6.15. The van der Waals surface area contributed by atoms with Gasteiger partial charge >= 0.3 is 0 Å². The molecule has 0 saturated heterocycles. The Kier molecular flexibility index (Phi) is 4.83. The van der Waals surface area contributed by atoms with Gasteiger partial charge in [0.05, 0.1) is 11.7 Å². The largest absolute Gasteiger partial charge is 0.378 e. The average molecular weight is 399 g/mol. The molecule has 0 amide bonds. The van der Waals surface area contributed by atoms with Crippen LogP contribution < -0.4 is 10.9 Å². The zero-order chi connectivity index (χ0) is 20.5. The summed E-state index contributed by atoms with van der Waals surface area (Å²) in [5, 5.41) is 8.97. The molecule has 6 heteroatoms. The number of benzene rings is 1. The average Bonchev–Trinajstić information content (AvgIpc) is 3.22. The predicted molar refractivity (Wildman–Crippen MR) is 120 cm³/mol. The van der Waals surface area contributed by atoms with Gasteiger partial charge < -0.3 is 10.3 Å². The fourth-order valence-corrected chi connectivity index (χ4v) is 4.57. The molecule has 30 heavy (non-hydrogen) atoms. The number of pyridine rings is 2. The van der Waals surface area contributed by atoms with Crippen molar-refractivity contribution >= 4 is 16.6 Å². The first kappa shape index (κ1) is 18.6. The number of aryl methyl sites for hydroxylation is 1. The van der Waals surface area contributed by atoms with E-state index in [-0.39, 0.29) is 5.56 Å². The van der Waals surface area contributed by atoms with Gasteiger partial charge in [0.15, 0.2) is 0 Å². The minimum atomic E-state index is -0.0788. The second-order valence-corrected chi connectivity index (χ2v) is 8.14. The summed E-state index contributed by atoms with van der Waals surface area (Å²) in [6, 6.07) is 12.8. The van der Waals surface area contributed by atoms with Crippen LogP contribution in [0.2, 0.25) is 0 Å². The molecule has 0 aliphatic heterocycles. The molecule has 152 valence electrons. The number of hydrogen-bond acceptors (Lipinski definition) is 4. The van der Waals surface area contributed by atoms with Gasteiger partial charge in [0.1, 0.15) is 5.69 Å². The maximum atomic E-state index is 12.4. The number of nitrogens with one attached hydrogen (secondary N) is 2. The van der Waals surface area contributed by atoms with Crippen molar-refractivity contribution in [3.05, 3.63) is 77.1 Å². The second kappa shape index (κ2) is 7.78. The van der Waals surface area contributed by atoms with Crippen LogP contribution in [0.4, 0.5) is 5.69 Å². The van der Waals surface area contributed by atoms with Crippen molar-refractivity contribution in [1.29, 1.82) is 0 Å². The second-order valence-electron chi connectivity index (χ2n) is 8.14. The molecule has 3 aromatic heterocycles. The van der Waals surface area contributed by atoms with E-state index >= 15 is 0 Å². The number of rotatable bonds is 4. The summed E-state index contributed by atoms with van der Waals surface area (Å²) in [5.41, 5.74) is 4.97. The normalized spacial score (nSPS) is 19.1. The van der Waals surface area contributed by atoms with E-state index in [9.17, 15) is 4.79 Å². The molecule has 1 aliphatic rings. The van der Waals surface area contributed by atoms with E-state index in [0.29, 0.717) is 17.6 Å². The molecule has 1 fully saturated rings. The molecule has 1 aromatic carbocycles. The van der Waals surface area contributed by atoms with E-state index in [0.717, 1.165) is 42.3 Å². The lowest BCUT2D eigenvalue weighted by molar-refractivity contribution is 0.413. The van der Waals surface area contributed by atoms with Crippen molar-refractivity contribution in [2.24, 2.45) is 7.05 Å². The number of fused-ring (bicyclic) bond motifs is 1. The fraction of sp³-hybridized carbons (Fsp3) is 0.292. The first-order chi connectivity index (χ1) is 14.7. The molecular weight excluding hydrogens is 374 g/mol. The van der Waals surface area contributed by atoms with Crippen LogP contribution in [0.15, 0.2) is 66.0 Å². The summed E-state index contributed by atoms with van der Waals surface area (Å²) in [5.74, 6) is 0.538. The van der Waals surface area contributed by atoms with Gasteiger partial charge in [0.25, 0.3) is 5.56 Å². The van der Waals surface area contributed by atoms with E-state index in [1.807, 2.05) is 37.8 Å². The van der Waals surface area contributed by atoms with Crippen molar-refractivity contribution in [3.63, 3.8) is 0 Å². The molecule has 2 N–H and O–H groups in total. The topological polar surface area (TPSA) is 75.6 Å². The number of anilines is 1. The van der Waals surface area contributed by atoms with Gasteiger partial charge in [-0.25, -0.2) is 0 Å². The maximum Gasteiger partial charge on any atom is 0.271 e. The highest BCUT2D eigenvalue weighted by Crippen LogP contribution is 2.36. The predicted octanol–water partition coefficient (Wildman–Crippen LogP) is 4.46. The first-order valence-electron chi connectivity index (χ1n) is 10.5. The SMILES string of the molecule is Cn1cc(-c2c[nH]c(=O)c(NC3CCC(c4ccnc5ccccc45)CC3)c2)cn1. The number of para-hydroxylation sites is 1. The standard InChI is InChI=1S/C24H25N5O/c1-29-15-18(14-27-29)17-12-23(24(30)26-13-17)28-19-8-6-16(7-9-19)20-10-11-25-22-5-3-2-4-21(20)22/h2-5,10-16,19,28H,6-9H2,1H3,(H,26,30). The van der Waals surface area contributed by atoms with E-state index in [1.165, 1.54) is 10.9 Å². The van der Waals surface area contributed by atoms with Crippen molar-refractivity contribution in [3.8, 4) is 11.1 Å². The number of aromatic amines is 1. The van der Waals surface area contributed by atoms with Crippen LogP contribution >= 0.6 is 0 Å². The minimum Gasteiger partial charge on any atom is -0.378 e. The summed E-state index contributed by atoms with van der Waals surface area (Å²) in [6.45, 7) is 0. The molecule has 0 unspecified atom stereocenters. The molecular formula is C24H25N5O. The number of aromatic nitrogens is 4. The molecule has 0 radical (unpaired) electrons. The number of nitrogens with zero attached hydrogens (tertiary/aromatic N) is 3. The Labute approximate surface area is 175 Å². The van der Waals surface area contributed by atoms with Crippen molar-refractivity contribution in [2.45, 2.75) is 37.6 Å². The molecule has 6 nitrogen and oxygen atoms in total. The quantitative estimate of drug-likeness (QED) is 0.531. The minimum absolute atomic E-state index is 0.0788. The highest BCUT2D eigenvalue weighted by atomic mass is 16.1. The van der Waals surface area contributed by atoms with Gasteiger partial charge in [0.2, 0.25) is 0 Å². The number of hydrogen-bond donors (Lipinski definition) is 2. The molecule has 0 bridgehead atoms. The van der Waals surface area contributed by atoms with Crippen molar-refractivity contribution in [1.82, 2.24) is 19.7 Å². The van der Waals surface area contributed by atoms with E-state index in [4.69, 9.17) is 0 Å². The lowest BCUT2D eigenvalue weighted by Gasteiger charge is -2.30. The lowest BCUT2D eigenvalue weighted by Crippen LogP contribution is -2.28. The Morgan fingerprint density at radius 3 is 2.73 bits per heavy atom. The van der Waals surface area contributed by atoms with Crippen molar-refractivity contribution in [2.75, 3.05) is 5.32 Å². The summed E-state index contributed by atoms with van der Waals surface area (Å²) in [6.07, 6.45) is 11.7. The maximum absolute atomic E-state index is 12.4. The summed E-state index contributed by atoms with van der Waals surface area (Å²) in [4.78, 5) is 19.7. The highest BCUT2D eigenvalue weighted by molar-refractivity contribution is 5.82. The van der Waals surface area contributed by atoms with Crippen molar-refractivity contribution < 1.29 is 0 Å². The van der Waals surface area contributed by atoms with Gasteiger partial charge in [-0.3, -0.25) is 14.5 Å². The highest BCUT2D eigenvalue weighted by Gasteiger charge is 2.24. The van der Waals surface area contributed by atoms with Gasteiger partial charge in [-0.1, -0.05) is 18.2 Å². The molecule has 0 spiro atoms. The zero-order valence-corrected chi connectivity index (χ0v) is 17.0. The van der Waals surface area contributed by atoms with Crippen LogP contribution in [-0.4, -0.2) is 25.8 Å². The summed E-state index contributed by atoms with van der Waals surface area (Å²) >= 11 is 0. The number of H-pyrrole nitrogens is 1. The van der Waals surface area contributed by atoms with Gasteiger partial charge in [-0.2, -0.15) is 5.10 Å². The first-order valence-corrected chi connectivity index (χ1v) is 10.5. The van der Waals surface area contributed by atoms with Gasteiger partial charge in [-0.15, -0.1) is 0 Å². The zero-order valence-electron chi connectivity index (χ0n) is 17.0. The monoisotopic (exact) mass is 399 g/mol. The molecule has 0 atom stereocenters. The Morgan fingerprint density at radius 1 is 1.10 bits per heavy atom. The Morgan fingerprint density at radius 2 is 1.93 bits per heavy atom. The third kappa shape index (κ3) is 3.61. The summed E-state index contributed by atoms with van der Waals surface area (Å²) < 4.78 is 1.76. The fourth-order valence-electron chi connectivity index (χ4n) is 4.57. The van der Waals surface area contributed by atoms with E-state index in [2.05, 4.69) is 44.6 Å². The van der Waals surface area contributed by atoms with Crippen LogP contribution in [0.5, 0.6) is 0 Å². The summed E-state index contributed by atoms with van der Waals surface area (Å²) in [7, 11) is 1.89. The molecule has 5 rings (SSSR count). The Bertz CT molecular complexity index is 1230. The van der Waals surface area contributed by atoms with Gasteiger partial charge in [0, 0.05) is 48.2 Å². The Hall–Kier alpha value is -3.41. The van der Waals surface area contributed by atoms with E-state index in [1.54, 1.807) is 10.9 Å². The Balaban J connectivity index is 1.30. The third-order valence-corrected chi connectivity index (χ3v) is 6.15. The van der Waals surface area contributed by atoms with Crippen LogP contribution in [0.3, 0.4) is 0 Å². The lowest BCUT2D eigenvalue weighted by atomic mass is 9.80. The molecule has 1 saturated carbocycles. The van der Waals surface area contributed by atoms with Crippen LogP contribution in [0.25, 0.3) is 22.0 Å². The van der Waals surface area contributed by atoms with E-state index < -0.39 is 0 Å².